The normalized spacial score (nSPS) is 13.0. The summed E-state index contributed by atoms with van der Waals surface area (Å²) in [5, 5.41) is 20.4. The summed E-state index contributed by atoms with van der Waals surface area (Å²) in [6.07, 6.45) is 2.36. The van der Waals surface area contributed by atoms with E-state index < -0.39 is 132 Å². The number of esters is 4. The molecule has 0 saturated carbocycles. The summed E-state index contributed by atoms with van der Waals surface area (Å²) in [6, 6.07) is 2.57. The highest BCUT2D eigenvalue weighted by Crippen LogP contribution is 2.13. The second kappa shape index (κ2) is 44.1. The number of carbonyl (C=O) groups is 12. The predicted octanol–water partition coefficient (Wildman–Crippen LogP) is 3.20. The van der Waals surface area contributed by atoms with E-state index in [-0.39, 0.29) is 103 Å². The van der Waals surface area contributed by atoms with Gasteiger partial charge in [-0.1, -0.05) is 84.2 Å². The Bertz CT molecular complexity index is 2340. The summed E-state index contributed by atoms with van der Waals surface area (Å²) < 4.78 is 37.4. The number of rotatable bonds is 44. The van der Waals surface area contributed by atoms with Crippen LogP contribution in [0, 0.1) is 5.92 Å². The third-order valence-corrected chi connectivity index (χ3v) is 12.1. The van der Waals surface area contributed by atoms with Gasteiger partial charge in [-0.15, -0.1) is 0 Å². The summed E-state index contributed by atoms with van der Waals surface area (Å²) in [4.78, 5) is 157. The van der Waals surface area contributed by atoms with E-state index in [1.165, 1.54) is 0 Å². The van der Waals surface area contributed by atoms with Crippen LogP contribution in [0.4, 0.5) is 4.79 Å². The van der Waals surface area contributed by atoms with Gasteiger partial charge in [-0.25, -0.2) is 14.4 Å². The molecular formula is C61H100N8O19. The van der Waals surface area contributed by atoms with Gasteiger partial charge in [-0.2, -0.15) is 0 Å². The topological polar surface area (TPSA) is 366 Å². The van der Waals surface area contributed by atoms with Crippen LogP contribution in [-0.4, -0.2) is 179 Å². The Morgan fingerprint density at radius 2 is 0.943 bits per heavy atom. The maximum Gasteiger partial charge on any atom is 0.408 e. The van der Waals surface area contributed by atoms with E-state index in [1.54, 1.807) is 71.9 Å². The molecule has 8 amide bonds. The fraction of sp³-hybridized carbons (Fsp3) is 0.705. The van der Waals surface area contributed by atoms with Crippen molar-refractivity contribution in [3.8, 4) is 0 Å². The van der Waals surface area contributed by atoms with E-state index in [9.17, 15) is 57.5 Å². The van der Waals surface area contributed by atoms with Gasteiger partial charge < -0.3 is 75.7 Å². The second-order valence-electron chi connectivity index (χ2n) is 23.2. The molecule has 498 valence electrons. The Labute approximate surface area is 518 Å². The minimum atomic E-state index is -1.32. The Morgan fingerprint density at radius 3 is 1.51 bits per heavy atom. The van der Waals surface area contributed by atoms with Crippen molar-refractivity contribution in [3.63, 3.8) is 0 Å². The molecule has 0 aliphatic rings. The van der Waals surface area contributed by atoms with Gasteiger partial charge >= 0.3 is 30.0 Å². The van der Waals surface area contributed by atoms with Crippen LogP contribution in [0.1, 0.15) is 165 Å². The number of benzene rings is 1. The SMILES string of the molecule is CCCCOC(=O)CCC(NC(=O)COCCOCCNC(=O)CCC(NC(=O)CNC(=O)C(CC(C)C)NC(=O)C(Cc1ccccc1)NC(=O)CNC(=O)OC(C)(C)C)C(=O)OC(C)(C)C)C(=O)NC(CCC(=O)OCCCC)C(=O)OCCCC. The molecule has 0 heterocycles. The van der Waals surface area contributed by atoms with E-state index in [0.29, 0.717) is 24.8 Å². The predicted molar refractivity (Wildman–Crippen MR) is 322 cm³/mol. The van der Waals surface area contributed by atoms with Crippen molar-refractivity contribution < 1.29 is 90.7 Å². The molecule has 0 radical (unpaired) electrons. The number of ether oxygens (including phenoxy) is 7. The summed E-state index contributed by atoms with van der Waals surface area (Å²) in [6.45, 7) is 18.1. The number of alkyl carbamates (subject to hydrolysis) is 1. The Hall–Kier alpha value is -7.42. The number of hydrogen-bond acceptors (Lipinski definition) is 19. The molecule has 1 aromatic carbocycles. The first-order valence-electron chi connectivity index (χ1n) is 30.5. The molecular weight excluding hydrogens is 1150 g/mol. The lowest BCUT2D eigenvalue weighted by Crippen LogP contribution is -2.56. The lowest BCUT2D eigenvalue weighted by atomic mass is 10.0. The molecule has 27 heteroatoms. The highest BCUT2D eigenvalue weighted by atomic mass is 16.6. The van der Waals surface area contributed by atoms with Crippen molar-refractivity contribution in [2.75, 3.05) is 65.9 Å². The van der Waals surface area contributed by atoms with Crippen LogP contribution in [0.2, 0.25) is 0 Å². The summed E-state index contributed by atoms with van der Waals surface area (Å²) in [5.74, 6) is -7.84. The zero-order chi connectivity index (χ0) is 66.1. The summed E-state index contributed by atoms with van der Waals surface area (Å²) >= 11 is 0. The zero-order valence-electron chi connectivity index (χ0n) is 53.6. The van der Waals surface area contributed by atoms with Gasteiger partial charge in [0.2, 0.25) is 41.4 Å². The molecule has 0 aromatic heterocycles. The number of nitrogens with one attached hydrogen (secondary N) is 8. The third kappa shape index (κ3) is 39.4. The van der Waals surface area contributed by atoms with Gasteiger partial charge in [0.25, 0.3) is 0 Å². The molecule has 0 aliphatic carbocycles. The minimum absolute atomic E-state index is 0.0102. The fourth-order valence-electron chi connectivity index (χ4n) is 7.69. The van der Waals surface area contributed by atoms with Gasteiger partial charge in [0.05, 0.1) is 46.2 Å². The first-order chi connectivity index (χ1) is 41.6. The number of amides is 8. The zero-order valence-corrected chi connectivity index (χ0v) is 53.6. The average Bonchev–Trinajstić information content (AvgIpc) is 3.62. The van der Waals surface area contributed by atoms with Crippen molar-refractivity contribution in [1.29, 1.82) is 0 Å². The molecule has 8 N–H and O–H groups in total. The van der Waals surface area contributed by atoms with Crippen molar-refractivity contribution in [3.05, 3.63) is 35.9 Å². The summed E-state index contributed by atoms with van der Waals surface area (Å²) in [5.41, 5.74) is -1.09. The van der Waals surface area contributed by atoms with Crippen LogP contribution in [-0.2, 0) is 92.3 Å². The second-order valence-corrected chi connectivity index (χ2v) is 23.2. The van der Waals surface area contributed by atoms with E-state index >= 15 is 0 Å². The van der Waals surface area contributed by atoms with E-state index in [4.69, 9.17) is 33.2 Å². The average molecular weight is 1250 g/mol. The quantitative estimate of drug-likeness (QED) is 0.0264. The monoisotopic (exact) mass is 1250 g/mol. The molecule has 1 rings (SSSR count). The van der Waals surface area contributed by atoms with Crippen LogP contribution in [0.3, 0.4) is 0 Å². The summed E-state index contributed by atoms with van der Waals surface area (Å²) in [7, 11) is 0. The molecule has 5 unspecified atom stereocenters. The number of unbranched alkanes of at least 4 members (excludes halogenated alkanes) is 3. The first kappa shape index (κ1) is 78.6. The molecule has 27 nitrogen and oxygen atoms in total. The van der Waals surface area contributed by atoms with Gasteiger partial charge in [0, 0.05) is 32.2 Å². The standard InChI is InChI=1S/C61H100N8O19/c1-12-15-30-84-52(74)27-24-43(55(77)68-44(57(79)86-32-17-14-3)25-28-53(75)85-31-16-13-2)65-51(73)40-83-35-34-82-33-29-62-48(70)26-23-45(58(80)87-60(6,7)8)66-49(71)38-63-54(76)46(36-41(4)5)69-56(78)47(37-42-21-19-18-20-22-42)67-50(72)39-64-59(81)88-61(9,10)11/h18-22,41,43-47H,12-17,23-40H2,1-11H3,(H,62,70)(H,63,76)(H,64,81)(H,65,73)(H,66,71)(H,67,72)(H,68,77)(H,69,78). The lowest BCUT2D eigenvalue weighted by Gasteiger charge is -2.25. The molecule has 1 aromatic rings. The van der Waals surface area contributed by atoms with Crippen molar-refractivity contribution in [2.45, 2.75) is 207 Å². The van der Waals surface area contributed by atoms with E-state index in [0.717, 1.165) is 19.3 Å². The molecule has 88 heavy (non-hydrogen) atoms. The van der Waals surface area contributed by atoms with Gasteiger partial charge in [0.15, 0.2) is 0 Å². The van der Waals surface area contributed by atoms with Crippen LogP contribution in [0.15, 0.2) is 30.3 Å². The minimum Gasteiger partial charge on any atom is -0.466 e. The van der Waals surface area contributed by atoms with E-state index in [1.807, 2.05) is 34.6 Å². The Morgan fingerprint density at radius 1 is 0.455 bits per heavy atom. The van der Waals surface area contributed by atoms with Gasteiger partial charge in [-0.05, 0) is 98.0 Å². The highest BCUT2D eigenvalue weighted by molar-refractivity contribution is 5.95. The van der Waals surface area contributed by atoms with Crippen LogP contribution >= 0.6 is 0 Å². The van der Waals surface area contributed by atoms with E-state index in [2.05, 4.69) is 42.5 Å². The molecule has 0 aliphatic heterocycles. The maximum atomic E-state index is 13.8. The molecule has 0 fully saturated rings. The smallest absolute Gasteiger partial charge is 0.408 e. The third-order valence-electron chi connectivity index (χ3n) is 12.1. The highest BCUT2D eigenvalue weighted by Gasteiger charge is 2.32. The van der Waals surface area contributed by atoms with Gasteiger partial charge in [-0.3, -0.25) is 43.2 Å². The van der Waals surface area contributed by atoms with Crippen molar-refractivity contribution >= 4 is 71.3 Å². The fourth-order valence-corrected chi connectivity index (χ4v) is 7.69. The Kier molecular flexibility index (Phi) is 39.4. The van der Waals surface area contributed by atoms with Gasteiger partial charge in [0.1, 0.15) is 54.6 Å². The molecule has 0 bridgehead atoms. The Balaban J connectivity index is 2.86. The van der Waals surface area contributed by atoms with Crippen LogP contribution < -0.4 is 42.5 Å². The lowest BCUT2D eigenvalue weighted by molar-refractivity contribution is -0.159. The number of hydrogen-bond donors (Lipinski definition) is 8. The largest absolute Gasteiger partial charge is 0.466 e. The molecule has 0 spiro atoms. The molecule has 0 saturated heterocycles. The van der Waals surface area contributed by atoms with Crippen LogP contribution in [0.5, 0.6) is 0 Å². The van der Waals surface area contributed by atoms with Crippen LogP contribution in [0.25, 0.3) is 0 Å². The number of carbonyl (C=O) groups excluding carboxylic acids is 12. The first-order valence-corrected chi connectivity index (χ1v) is 30.5. The molecule has 5 atom stereocenters. The van der Waals surface area contributed by atoms with Crippen molar-refractivity contribution in [2.24, 2.45) is 5.92 Å². The maximum absolute atomic E-state index is 13.8. The van der Waals surface area contributed by atoms with Crippen molar-refractivity contribution in [1.82, 2.24) is 42.5 Å².